The number of ether oxygens (including phenoxy) is 4. The zero-order chi connectivity index (χ0) is 24.8. The van der Waals surface area contributed by atoms with Gasteiger partial charge < -0.3 is 28.7 Å². The molecule has 1 aromatic carbocycles. The Morgan fingerprint density at radius 3 is 2.44 bits per heavy atom. The molecule has 34 heavy (non-hydrogen) atoms. The average Bonchev–Trinajstić information content (AvgIpc) is 2.85. The van der Waals surface area contributed by atoms with Crippen LogP contribution in [0.4, 0.5) is 0 Å². The van der Waals surface area contributed by atoms with Crippen LogP contribution in [0.25, 0.3) is 0 Å². The smallest absolute Gasteiger partial charge is 0.257 e. The van der Waals surface area contributed by atoms with E-state index >= 15 is 0 Å². The third-order valence-electron chi connectivity index (χ3n) is 6.79. The van der Waals surface area contributed by atoms with Gasteiger partial charge in [-0.25, -0.2) is 0 Å². The van der Waals surface area contributed by atoms with Crippen molar-refractivity contribution >= 4 is 11.8 Å². The van der Waals surface area contributed by atoms with Gasteiger partial charge >= 0.3 is 0 Å². The third kappa shape index (κ3) is 5.69. The van der Waals surface area contributed by atoms with E-state index in [2.05, 4.69) is 6.07 Å². The minimum Gasteiger partial charge on any atom is -0.491 e. The molecule has 186 valence electrons. The average molecular weight is 474 g/mol. The highest BCUT2D eigenvalue weighted by Crippen LogP contribution is 2.28. The predicted octanol–water partition coefficient (Wildman–Crippen LogP) is 2.08. The summed E-state index contributed by atoms with van der Waals surface area (Å²) in [6.07, 6.45) is 1.25. The molecule has 3 rings (SSSR count). The second-order valence-corrected chi connectivity index (χ2v) is 9.05. The van der Waals surface area contributed by atoms with Crippen LogP contribution in [0.2, 0.25) is 0 Å². The van der Waals surface area contributed by atoms with Gasteiger partial charge in [-0.2, -0.15) is 5.26 Å². The lowest BCUT2D eigenvalue weighted by atomic mass is 9.97. The topological polar surface area (TPSA) is 101 Å². The molecule has 0 unspecified atom stereocenters. The van der Waals surface area contributed by atoms with Crippen LogP contribution in [0.5, 0.6) is 5.75 Å². The first-order chi connectivity index (χ1) is 16.3. The first-order valence-electron chi connectivity index (χ1n) is 11.7. The standard InChI is InChI=1S/C25H35N3O6/c1-16-21(32-5)14-28(3)25(30)19-8-6-7-17(13-26)23(19)33-12-11-18-9-10-20(31-4)22(34-18)15-27(2)24(16)29/h6-8,16,18,20-22H,9-12,14-15H2,1-5H3/t16-,18+,20+,21-,22-/m0/s1. The first kappa shape index (κ1) is 25.9. The molecular formula is C25H35N3O6. The Kier molecular flexibility index (Phi) is 8.89. The molecule has 9 heteroatoms. The zero-order valence-electron chi connectivity index (χ0n) is 20.7. The van der Waals surface area contributed by atoms with Gasteiger partial charge in [0.25, 0.3) is 5.91 Å². The first-order valence-corrected chi connectivity index (χ1v) is 11.7. The Balaban J connectivity index is 1.95. The number of nitrogens with zero attached hydrogens (tertiary/aromatic N) is 3. The summed E-state index contributed by atoms with van der Waals surface area (Å²) >= 11 is 0. The van der Waals surface area contributed by atoms with E-state index in [9.17, 15) is 14.9 Å². The fourth-order valence-electron chi connectivity index (χ4n) is 4.68. The summed E-state index contributed by atoms with van der Waals surface area (Å²) in [5.41, 5.74) is 0.609. The van der Waals surface area contributed by atoms with Crippen LogP contribution in [0, 0.1) is 17.2 Å². The molecule has 0 saturated carbocycles. The predicted molar refractivity (Wildman–Crippen MR) is 125 cm³/mol. The summed E-state index contributed by atoms with van der Waals surface area (Å²) in [7, 11) is 6.61. The molecule has 0 N–H and O–H groups in total. The van der Waals surface area contributed by atoms with Crippen molar-refractivity contribution in [2.75, 3.05) is 48.0 Å². The number of methoxy groups -OCH3 is 2. The molecule has 2 aliphatic heterocycles. The summed E-state index contributed by atoms with van der Waals surface area (Å²) in [5, 5.41) is 9.60. The number of carbonyl (C=O) groups is 2. The van der Waals surface area contributed by atoms with Crippen LogP contribution in [0.1, 0.15) is 42.1 Å². The minimum absolute atomic E-state index is 0.0759. The molecule has 9 nitrogen and oxygen atoms in total. The molecule has 0 aliphatic carbocycles. The van der Waals surface area contributed by atoms with Crippen molar-refractivity contribution in [3.05, 3.63) is 29.3 Å². The molecule has 0 aromatic heterocycles. The van der Waals surface area contributed by atoms with Gasteiger partial charge in [-0.15, -0.1) is 0 Å². The normalized spacial score (nSPS) is 29.2. The molecule has 2 amide bonds. The lowest BCUT2D eigenvalue weighted by Gasteiger charge is -2.38. The summed E-state index contributed by atoms with van der Waals surface area (Å²) in [5.74, 6) is -0.601. The van der Waals surface area contributed by atoms with E-state index in [0.717, 1.165) is 12.8 Å². The molecule has 2 heterocycles. The SMILES string of the molecule is CO[C@H]1CN(C)C(=O)c2cccc(C#N)c2OCC[C@H]2CC[C@@H](OC)[C@H](CN(C)C(=O)[C@H]1C)O2. The molecule has 1 aromatic rings. The van der Waals surface area contributed by atoms with Gasteiger partial charge in [-0.1, -0.05) is 13.0 Å². The van der Waals surface area contributed by atoms with E-state index in [1.807, 2.05) is 0 Å². The molecule has 0 spiro atoms. The van der Waals surface area contributed by atoms with Crippen molar-refractivity contribution in [3.63, 3.8) is 0 Å². The number of fused-ring (bicyclic) bond motifs is 3. The molecule has 2 bridgehead atoms. The highest BCUT2D eigenvalue weighted by molar-refractivity contribution is 5.97. The van der Waals surface area contributed by atoms with Gasteiger partial charge in [0.05, 0.1) is 42.0 Å². The van der Waals surface area contributed by atoms with Crippen molar-refractivity contribution in [2.24, 2.45) is 5.92 Å². The van der Waals surface area contributed by atoms with Crippen LogP contribution in [-0.4, -0.2) is 94.0 Å². The lowest BCUT2D eigenvalue weighted by Crippen LogP contribution is -2.50. The molecule has 1 fully saturated rings. The van der Waals surface area contributed by atoms with Crippen molar-refractivity contribution in [1.29, 1.82) is 5.26 Å². The number of benzene rings is 1. The van der Waals surface area contributed by atoms with Gasteiger partial charge in [0.1, 0.15) is 17.9 Å². The number of para-hydroxylation sites is 1. The number of rotatable bonds is 2. The van der Waals surface area contributed by atoms with E-state index in [1.54, 1.807) is 51.2 Å². The van der Waals surface area contributed by atoms with E-state index in [0.29, 0.717) is 30.7 Å². The second-order valence-electron chi connectivity index (χ2n) is 9.05. The molecule has 2 aliphatic rings. The summed E-state index contributed by atoms with van der Waals surface area (Å²) < 4.78 is 23.6. The summed E-state index contributed by atoms with van der Waals surface area (Å²) in [4.78, 5) is 29.7. The van der Waals surface area contributed by atoms with Crippen molar-refractivity contribution in [3.8, 4) is 11.8 Å². The monoisotopic (exact) mass is 473 g/mol. The number of hydrogen-bond donors (Lipinski definition) is 0. The minimum atomic E-state index is -0.515. The van der Waals surface area contributed by atoms with Crippen LogP contribution >= 0.6 is 0 Å². The van der Waals surface area contributed by atoms with Gasteiger partial charge in [0.15, 0.2) is 0 Å². The van der Waals surface area contributed by atoms with Crippen molar-refractivity contribution in [2.45, 2.75) is 50.6 Å². The van der Waals surface area contributed by atoms with E-state index in [1.165, 1.54) is 12.0 Å². The van der Waals surface area contributed by atoms with Crippen LogP contribution in [0.15, 0.2) is 18.2 Å². The number of hydrogen-bond acceptors (Lipinski definition) is 7. The number of amides is 2. The fourth-order valence-corrected chi connectivity index (χ4v) is 4.68. The summed E-state index contributed by atoms with van der Waals surface area (Å²) in [6, 6.07) is 7.07. The van der Waals surface area contributed by atoms with Gasteiger partial charge in [-0.05, 0) is 25.0 Å². The Bertz CT molecular complexity index is 916. The molecular weight excluding hydrogens is 438 g/mol. The van der Waals surface area contributed by atoms with Gasteiger partial charge in [0, 0.05) is 47.8 Å². The Morgan fingerprint density at radius 1 is 1.03 bits per heavy atom. The third-order valence-corrected chi connectivity index (χ3v) is 6.79. The molecule has 0 radical (unpaired) electrons. The van der Waals surface area contributed by atoms with Crippen molar-refractivity contribution in [1.82, 2.24) is 9.80 Å². The van der Waals surface area contributed by atoms with Crippen molar-refractivity contribution < 1.29 is 28.5 Å². The highest BCUT2D eigenvalue weighted by Gasteiger charge is 2.36. The zero-order valence-corrected chi connectivity index (χ0v) is 20.7. The number of carbonyl (C=O) groups excluding carboxylic acids is 2. The molecule has 5 atom stereocenters. The van der Waals surface area contributed by atoms with Gasteiger partial charge in [0.2, 0.25) is 5.91 Å². The maximum atomic E-state index is 13.3. The number of nitriles is 1. The van der Waals surface area contributed by atoms with Crippen LogP contribution in [-0.2, 0) is 19.0 Å². The fraction of sp³-hybridized carbons (Fsp3) is 0.640. The lowest BCUT2D eigenvalue weighted by molar-refractivity contribution is -0.154. The van der Waals surface area contributed by atoms with Gasteiger partial charge in [-0.3, -0.25) is 9.59 Å². The number of likely N-dealkylation sites (N-methyl/N-ethyl adjacent to an activating group) is 2. The van der Waals surface area contributed by atoms with E-state index in [4.69, 9.17) is 18.9 Å². The maximum Gasteiger partial charge on any atom is 0.257 e. The van der Waals surface area contributed by atoms with Crippen LogP contribution < -0.4 is 4.74 Å². The van der Waals surface area contributed by atoms with E-state index in [-0.39, 0.29) is 42.4 Å². The second kappa shape index (κ2) is 11.6. The summed E-state index contributed by atoms with van der Waals surface area (Å²) in [6.45, 7) is 2.70. The molecule has 1 saturated heterocycles. The maximum absolute atomic E-state index is 13.3. The van der Waals surface area contributed by atoms with Crippen LogP contribution in [0.3, 0.4) is 0 Å². The highest BCUT2D eigenvalue weighted by atomic mass is 16.5. The van der Waals surface area contributed by atoms with E-state index < -0.39 is 12.0 Å². The Hall–Kier alpha value is -2.67. The quantitative estimate of drug-likeness (QED) is 0.648. The Morgan fingerprint density at radius 2 is 1.76 bits per heavy atom. The Labute approximate surface area is 201 Å². The largest absolute Gasteiger partial charge is 0.491 e.